The van der Waals surface area contributed by atoms with E-state index in [4.69, 9.17) is 10.5 Å². The van der Waals surface area contributed by atoms with Crippen LogP contribution in [0.5, 0.6) is 5.88 Å². The van der Waals surface area contributed by atoms with Gasteiger partial charge in [0.2, 0.25) is 5.88 Å². The molecule has 2 heterocycles. The standard InChI is InChI=1S/C12H17N5O/c1-4-5-18-12-10(13)11(14-6-15-12)17-7-16-8(2)9(17)3/h6-7H,4-5,13H2,1-3H3. The minimum absolute atomic E-state index is 0.424. The fourth-order valence-electron chi connectivity index (χ4n) is 1.59. The summed E-state index contributed by atoms with van der Waals surface area (Å²) in [5, 5.41) is 0. The Balaban J connectivity index is 2.42. The van der Waals surface area contributed by atoms with Gasteiger partial charge in [0.25, 0.3) is 0 Å². The number of hydrogen-bond acceptors (Lipinski definition) is 5. The van der Waals surface area contributed by atoms with Crippen LogP contribution in [-0.2, 0) is 0 Å². The number of aryl methyl sites for hydroxylation is 1. The Morgan fingerprint density at radius 3 is 2.67 bits per heavy atom. The van der Waals surface area contributed by atoms with Gasteiger partial charge < -0.3 is 10.5 Å². The van der Waals surface area contributed by atoms with E-state index in [2.05, 4.69) is 15.0 Å². The van der Waals surface area contributed by atoms with Crippen LogP contribution < -0.4 is 10.5 Å². The first-order chi connectivity index (χ1) is 8.65. The number of aromatic nitrogens is 4. The smallest absolute Gasteiger partial charge is 0.242 e. The maximum Gasteiger partial charge on any atom is 0.242 e. The number of hydrogen-bond donors (Lipinski definition) is 1. The van der Waals surface area contributed by atoms with Gasteiger partial charge in [0.05, 0.1) is 12.3 Å². The molecular weight excluding hydrogens is 230 g/mol. The molecule has 0 aliphatic rings. The molecular formula is C12H17N5O. The van der Waals surface area contributed by atoms with E-state index in [-0.39, 0.29) is 0 Å². The van der Waals surface area contributed by atoms with E-state index in [1.54, 1.807) is 6.33 Å². The highest BCUT2D eigenvalue weighted by molar-refractivity contribution is 5.60. The van der Waals surface area contributed by atoms with Gasteiger partial charge in [-0.2, -0.15) is 4.98 Å². The summed E-state index contributed by atoms with van der Waals surface area (Å²) in [6, 6.07) is 0. The zero-order valence-electron chi connectivity index (χ0n) is 10.8. The predicted molar refractivity (Wildman–Crippen MR) is 68.8 cm³/mol. The molecule has 0 amide bonds. The lowest BCUT2D eigenvalue weighted by Crippen LogP contribution is -2.08. The molecule has 0 bridgehead atoms. The summed E-state index contributed by atoms with van der Waals surface area (Å²) in [5.74, 6) is 1.03. The zero-order chi connectivity index (χ0) is 13.1. The number of anilines is 1. The number of rotatable bonds is 4. The average Bonchev–Trinajstić information content (AvgIpc) is 2.69. The zero-order valence-corrected chi connectivity index (χ0v) is 10.8. The van der Waals surface area contributed by atoms with Crippen molar-refractivity contribution in [1.29, 1.82) is 0 Å². The van der Waals surface area contributed by atoms with E-state index in [9.17, 15) is 0 Å². The van der Waals surface area contributed by atoms with Gasteiger partial charge in [-0.05, 0) is 20.3 Å². The molecule has 6 heteroatoms. The maximum atomic E-state index is 6.04. The van der Waals surface area contributed by atoms with Crippen molar-refractivity contribution in [1.82, 2.24) is 19.5 Å². The van der Waals surface area contributed by atoms with Crippen molar-refractivity contribution < 1.29 is 4.74 Å². The average molecular weight is 247 g/mol. The molecule has 6 nitrogen and oxygen atoms in total. The SMILES string of the molecule is CCCOc1ncnc(-n2cnc(C)c2C)c1N. The minimum Gasteiger partial charge on any atom is -0.476 e. The number of imidazole rings is 1. The lowest BCUT2D eigenvalue weighted by atomic mass is 10.3. The number of ether oxygens (including phenoxy) is 1. The van der Waals surface area contributed by atoms with Crippen LogP contribution in [0.4, 0.5) is 5.69 Å². The maximum absolute atomic E-state index is 6.04. The quantitative estimate of drug-likeness (QED) is 0.888. The first kappa shape index (κ1) is 12.3. The highest BCUT2D eigenvalue weighted by Crippen LogP contribution is 2.25. The highest BCUT2D eigenvalue weighted by Gasteiger charge is 2.13. The molecule has 2 aromatic heterocycles. The van der Waals surface area contributed by atoms with Crippen molar-refractivity contribution in [2.24, 2.45) is 0 Å². The monoisotopic (exact) mass is 247 g/mol. The number of nitrogens with zero attached hydrogens (tertiary/aromatic N) is 4. The Hall–Kier alpha value is -2.11. The van der Waals surface area contributed by atoms with Gasteiger partial charge in [-0.15, -0.1) is 0 Å². The number of nitrogen functional groups attached to an aromatic ring is 1. The first-order valence-corrected chi connectivity index (χ1v) is 5.89. The summed E-state index contributed by atoms with van der Waals surface area (Å²) in [7, 11) is 0. The van der Waals surface area contributed by atoms with Crippen LogP contribution >= 0.6 is 0 Å². The van der Waals surface area contributed by atoms with Gasteiger partial charge in [0, 0.05) is 5.69 Å². The molecule has 2 aromatic rings. The molecule has 18 heavy (non-hydrogen) atoms. The summed E-state index contributed by atoms with van der Waals surface area (Å²) >= 11 is 0. The Labute approximate surface area is 106 Å². The van der Waals surface area contributed by atoms with Crippen molar-refractivity contribution in [2.45, 2.75) is 27.2 Å². The summed E-state index contributed by atoms with van der Waals surface area (Å²) in [6.45, 7) is 6.53. The Bertz CT molecular complexity index is 549. The Morgan fingerprint density at radius 2 is 2.06 bits per heavy atom. The number of nitrogens with two attached hydrogens (primary N) is 1. The van der Waals surface area contributed by atoms with Crippen LogP contribution in [-0.4, -0.2) is 26.1 Å². The van der Waals surface area contributed by atoms with Gasteiger partial charge in [0.1, 0.15) is 18.3 Å². The van der Waals surface area contributed by atoms with Crippen LogP contribution in [0.2, 0.25) is 0 Å². The molecule has 0 aliphatic carbocycles. The molecule has 96 valence electrons. The second kappa shape index (κ2) is 5.03. The summed E-state index contributed by atoms with van der Waals surface area (Å²) in [4.78, 5) is 12.5. The van der Waals surface area contributed by atoms with Crippen LogP contribution in [0.3, 0.4) is 0 Å². The van der Waals surface area contributed by atoms with Crippen molar-refractivity contribution in [3.63, 3.8) is 0 Å². The van der Waals surface area contributed by atoms with Gasteiger partial charge in [0.15, 0.2) is 5.82 Å². The van der Waals surface area contributed by atoms with Crippen molar-refractivity contribution in [2.75, 3.05) is 12.3 Å². The lowest BCUT2D eigenvalue weighted by molar-refractivity contribution is 0.306. The normalized spacial score (nSPS) is 10.6. The van der Waals surface area contributed by atoms with E-state index in [1.807, 2.05) is 25.3 Å². The third-order valence-electron chi connectivity index (χ3n) is 2.75. The molecule has 0 unspecified atom stereocenters. The minimum atomic E-state index is 0.424. The van der Waals surface area contributed by atoms with Crippen LogP contribution in [0.1, 0.15) is 24.7 Å². The topological polar surface area (TPSA) is 78.9 Å². The molecule has 0 aliphatic heterocycles. The van der Waals surface area contributed by atoms with Crippen molar-refractivity contribution >= 4 is 5.69 Å². The summed E-state index contributed by atoms with van der Waals surface area (Å²) in [5.41, 5.74) is 8.42. The molecule has 0 saturated carbocycles. The fourth-order valence-corrected chi connectivity index (χ4v) is 1.59. The van der Waals surface area contributed by atoms with Crippen molar-refractivity contribution in [3.8, 4) is 11.7 Å². The van der Waals surface area contributed by atoms with E-state index in [0.717, 1.165) is 17.8 Å². The second-order valence-electron chi connectivity index (χ2n) is 4.05. The van der Waals surface area contributed by atoms with E-state index in [1.165, 1.54) is 6.33 Å². The highest BCUT2D eigenvalue weighted by atomic mass is 16.5. The van der Waals surface area contributed by atoms with Gasteiger partial charge >= 0.3 is 0 Å². The van der Waals surface area contributed by atoms with Crippen LogP contribution in [0, 0.1) is 13.8 Å². The largest absolute Gasteiger partial charge is 0.476 e. The predicted octanol–water partition coefficient (Wildman–Crippen LogP) is 1.65. The second-order valence-corrected chi connectivity index (χ2v) is 4.05. The molecule has 2 rings (SSSR count). The fraction of sp³-hybridized carbons (Fsp3) is 0.417. The van der Waals surface area contributed by atoms with Gasteiger partial charge in [-0.1, -0.05) is 6.92 Å². The van der Waals surface area contributed by atoms with Gasteiger partial charge in [-0.3, -0.25) is 4.57 Å². The van der Waals surface area contributed by atoms with Crippen molar-refractivity contribution in [3.05, 3.63) is 24.0 Å². The van der Waals surface area contributed by atoms with E-state index in [0.29, 0.717) is 24.0 Å². The summed E-state index contributed by atoms with van der Waals surface area (Å²) in [6.07, 6.45) is 4.06. The molecule has 2 N–H and O–H groups in total. The molecule has 0 atom stereocenters. The third kappa shape index (κ3) is 2.13. The summed E-state index contributed by atoms with van der Waals surface area (Å²) < 4.78 is 7.32. The van der Waals surface area contributed by atoms with Crippen LogP contribution in [0.15, 0.2) is 12.7 Å². The lowest BCUT2D eigenvalue weighted by Gasteiger charge is -2.11. The molecule has 0 radical (unpaired) electrons. The Morgan fingerprint density at radius 1 is 1.28 bits per heavy atom. The van der Waals surface area contributed by atoms with Crippen LogP contribution in [0.25, 0.3) is 5.82 Å². The molecule has 0 spiro atoms. The molecule has 0 fully saturated rings. The molecule has 0 aromatic carbocycles. The Kier molecular flexibility index (Phi) is 3.45. The third-order valence-corrected chi connectivity index (χ3v) is 2.75. The van der Waals surface area contributed by atoms with E-state index >= 15 is 0 Å². The van der Waals surface area contributed by atoms with Gasteiger partial charge in [-0.25, -0.2) is 9.97 Å². The molecule has 0 saturated heterocycles. The van der Waals surface area contributed by atoms with E-state index < -0.39 is 0 Å². The first-order valence-electron chi connectivity index (χ1n) is 5.89.